The fraction of sp³-hybridized carbons (Fsp3) is 0.579. The van der Waals surface area contributed by atoms with E-state index < -0.39 is 92.1 Å². The van der Waals surface area contributed by atoms with E-state index in [2.05, 4.69) is 47.8 Å². The Hall–Kier alpha value is -2.24. The van der Waals surface area contributed by atoms with Crippen molar-refractivity contribution in [2.24, 2.45) is 9.98 Å². The van der Waals surface area contributed by atoms with E-state index in [4.69, 9.17) is 45.8 Å². The molecule has 5 N–H and O–H groups in total. The lowest BCUT2D eigenvalue weighted by molar-refractivity contribution is -0.119. The van der Waals surface area contributed by atoms with Crippen LogP contribution in [0.15, 0.2) is 16.3 Å². The van der Waals surface area contributed by atoms with Gasteiger partial charge < -0.3 is 24.8 Å². The molecule has 0 saturated carbocycles. The van der Waals surface area contributed by atoms with Crippen LogP contribution in [0.25, 0.3) is 11.2 Å². The van der Waals surface area contributed by atoms with Crippen molar-refractivity contribution in [3.63, 3.8) is 0 Å². The van der Waals surface area contributed by atoms with E-state index in [0.717, 1.165) is 22.8 Å². The minimum atomic E-state index is -4.44. The summed E-state index contributed by atoms with van der Waals surface area (Å²) in [5.74, 6) is -1.06. The number of rotatable bonds is 2. The summed E-state index contributed by atoms with van der Waals surface area (Å²) in [6.45, 7) is -9.96. The van der Waals surface area contributed by atoms with Gasteiger partial charge in [0.15, 0.2) is 35.4 Å². The number of nitrogens with two attached hydrogens (primary N) is 1. The average Bonchev–Trinajstić information content (AvgIpc) is 3.72. The molecule has 1 amide bonds. The fourth-order valence-corrected chi connectivity index (χ4v) is 9.77. The number of nitrogens with zero attached hydrogens (tertiary/aromatic N) is 8. The topological polar surface area (TPSA) is 247 Å². The minimum absolute atomic E-state index is 0.0148. The van der Waals surface area contributed by atoms with Gasteiger partial charge in [-0.25, -0.2) is 23.3 Å². The molecule has 45 heavy (non-hydrogen) atoms. The molecule has 3 fully saturated rings. The van der Waals surface area contributed by atoms with Gasteiger partial charge in [-0.15, -0.1) is 16.9 Å². The second-order valence-corrected chi connectivity index (χ2v) is 17.1. The predicted molar refractivity (Wildman–Crippen MR) is 159 cm³/mol. The van der Waals surface area contributed by atoms with E-state index in [1.165, 1.54) is 11.2 Å². The number of hydrogen-bond acceptors (Lipinski definition) is 17. The summed E-state index contributed by atoms with van der Waals surface area (Å²) in [5, 5.41) is 15.6. The van der Waals surface area contributed by atoms with Gasteiger partial charge >= 0.3 is 13.5 Å². The first-order valence-corrected chi connectivity index (χ1v) is 19.1. The number of thiol groups is 1. The number of aromatic nitrogens is 5. The number of thioether (sulfide) groups is 1. The van der Waals surface area contributed by atoms with Gasteiger partial charge in [0.1, 0.15) is 42.0 Å². The Kier molecular flexibility index (Phi) is 8.00. The molecule has 3 unspecified atom stereocenters. The first-order valence-electron chi connectivity index (χ1n) is 12.8. The summed E-state index contributed by atoms with van der Waals surface area (Å²) >= 11 is 10.1. The second kappa shape index (κ2) is 11.5. The summed E-state index contributed by atoms with van der Waals surface area (Å²) in [6.07, 6.45) is -7.81. The molecule has 7 rings (SSSR count). The Labute approximate surface area is 265 Å². The Balaban J connectivity index is 1.17. The molecule has 11 atom stereocenters. The number of nitrogen functional groups attached to an aromatic ring is 1. The highest BCUT2D eigenvalue weighted by atomic mass is 32.7. The first-order chi connectivity index (χ1) is 21.3. The number of anilines is 1. The SMILES string of the molecule is N=C1N=C2C(N=CN2[C@@H]2S[C@@H]3COP(O)(=S)O[C@H]4[C@H](F)[C@H](n5nnc6c(N)ncnc65)O[C@@H]4COP(=O)(S)O[C@@H]2[C@H]3F)C(=O)N1. The molecule has 0 aliphatic carbocycles. The highest BCUT2D eigenvalue weighted by Gasteiger charge is 2.56. The summed E-state index contributed by atoms with van der Waals surface area (Å²) < 4.78 is 74.2. The number of aliphatic imine (C=N–C) groups is 2. The van der Waals surface area contributed by atoms with Crippen LogP contribution < -0.4 is 11.1 Å². The van der Waals surface area contributed by atoms with Crippen molar-refractivity contribution in [2.75, 3.05) is 18.9 Å². The lowest BCUT2D eigenvalue weighted by Crippen LogP contribution is -2.52. The third-order valence-corrected chi connectivity index (χ3v) is 11.9. The molecule has 0 spiro atoms. The second-order valence-electron chi connectivity index (χ2n) is 10.0. The molecular formula is C19H21F2N11O8P2S3. The average molecular weight is 728 g/mol. The molecule has 0 radical (unpaired) electrons. The third-order valence-electron chi connectivity index (χ3n) is 7.22. The van der Waals surface area contributed by atoms with Gasteiger partial charge in [0.05, 0.1) is 24.8 Å². The number of alkyl halides is 2. The van der Waals surface area contributed by atoms with Crippen LogP contribution in [-0.2, 0) is 44.0 Å². The smallest absolute Gasteiger partial charge is 0.382 e. The maximum atomic E-state index is 16.0. The van der Waals surface area contributed by atoms with E-state index in [9.17, 15) is 14.3 Å². The molecular weight excluding hydrogens is 706 g/mol. The van der Waals surface area contributed by atoms with Crippen LogP contribution in [0.5, 0.6) is 0 Å². The summed E-state index contributed by atoms with van der Waals surface area (Å²) in [4.78, 5) is 40.5. The summed E-state index contributed by atoms with van der Waals surface area (Å²) in [7, 11) is 0. The quantitative estimate of drug-likeness (QED) is 0.203. The number of fused-ring (bicyclic) bond motifs is 5. The van der Waals surface area contributed by atoms with Crippen LogP contribution in [0.2, 0.25) is 0 Å². The van der Waals surface area contributed by atoms with Gasteiger partial charge in [-0.2, -0.15) is 9.67 Å². The van der Waals surface area contributed by atoms with E-state index in [1.807, 2.05) is 0 Å². The van der Waals surface area contributed by atoms with Crippen LogP contribution in [0.4, 0.5) is 14.6 Å². The molecule has 2 bridgehead atoms. The van der Waals surface area contributed by atoms with Crippen molar-refractivity contribution in [1.82, 2.24) is 35.2 Å². The third kappa shape index (κ3) is 5.69. The molecule has 19 nitrogen and oxygen atoms in total. The number of carbonyl (C=O) groups is 1. The number of nitrogens with one attached hydrogen (secondary N) is 2. The molecule has 7 heterocycles. The number of amidine groups is 1. The molecule has 2 aromatic heterocycles. The molecule has 0 aromatic carbocycles. The standard InChI is InChI=1S/C19H21F2N11O8P2S3/c20-7-6-2-37-42(35,44)39-11-5(38-17(8(11)21)32-14-9(29-30-32)13(22)24-3-25-14)1-36-41(34,43)40-12(7)18(45-6)31-4-26-10-15(31)27-19(23)28-16(10)33/h3-8,10-12,17-18H,1-2H2,(H,34,43)(H,35,44)(H2,22,24,25)(H2,23,28,33)/t5-,6-,7+,8+,10?,11-,12-,17-,18-,41?,42?/m1/s1. The van der Waals surface area contributed by atoms with Crippen LogP contribution in [0, 0.1) is 5.41 Å². The lowest BCUT2D eigenvalue weighted by atomic mass is 10.1. The Morgan fingerprint density at radius 3 is 2.82 bits per heavy atom. The van der Waals surface area contributed by atoms with E-state index in [1.54, 1.807) is 0 Å². The van der Waals surface area contributed by atoms with Gasteiger partial charge in [0, 0.05) is 0 Å². The normalized spacial score (nSPS) is 42.0. The van der Waals surface area contributed by atoms with Gasteiger partial charge in [-0.05, 0) is 11.8 Å². The zero-order valence-corrected chi connectivity index (χ0v) is 26.5. The van der Waals surface area contributed by atoms with Crippen molar-refractivity contribution < 1.29 is 45.9 Å². The van der Waals surface area contributed by atoms with Crippen LogP contribution in [0.3, 0.4) is 0 Å². The predicted octanol–water partition coefficient (Wildman–Crippen LogP) is 0.0661. The van der Waals surface area contributed by atoms with Gasteiger partial charge in [0.2, 0.25) is 5.96 Å². The highest BCUT2D eigenvalue weighted by molar-refractivity contribution is 8.44. The number of halogens is 2. The zero-order chi connectivity index (χ0) is 31.8. The monoisotopic (exact) mass is 727 g/mol. The number of carbonyl (C=O) groups excluding carboxylic acids is 1. The van der Waals surface area contributed by atoms with Crippen molar-refractivity contribution in [3.05, 3.63) is 6.33 Å². The van der Waals surface area contributed by atoms with Crippen molar-refractivity contribution in [2.45, 2.75) is 53.5 Å². The van der Waals surface area contributed by atoms with Crippen LogP contribution in [0.1, 0.15) is 6.23 Å². The van der Waals surface area contributed by atoms with Crippen molar-refractivity contribution in [3.8, 4) is 0 Å². The Bertz CT molecular complexity index is 1740. The van der Waals surface area contributed by atoms with Crippen LogP contribution in [-0.4, -0.2) is 119 Å². The minimum Gasteiger partial charge on any atom is -0.382 e. The number of amides is 1. The number of guanidine groups is 1. The first kappa shape index (κ1) is 31.4. The van der Waals surface area contributed by atoms with Crippen LogP contribution >= 0.6 is 37.5 Å². The van der Waals surface area contributed by atoms with Crippen molar-refractivity contribution in [1.29, 1.82) is 5.41 Å². The maximum Gasteiger partial charge on any atom is 0.386 e. The number of ether oxygens (including phenoxy) is 1. The Morgan fingerprint density at radius 2 is 2.02 bits per heavy atom. The van der Waals surface area contributed by atoms with Gasteiger partial charge in [-0.1, -0.05) is 17.5 Å². The molecule has 242 valence electrons. The maximum absolute atomic E-state index is 16.0. The Morgan fingerprint density at radius 1 is 1.22 bits per heavy atom. The molecule has 3 saturated heterocycles. The van der Waals surface area contributed by atoms with Gasteiger partial charge in [0.25, 0.3) is 5.91 Å². The molecule has 5 aliphatic heterocycles. The highest BCUT2D eigenvalue weighted by Crippen LogP contribution is 2.59. The summed E-state index contributed by atoms with van der Waals surface area (Å²) in [5.41, 5.74) is 5.91. The largest absolute Gasteiger partial charge is 0.386 e. The summed E-state index contributed by atoms with van der Waals surface area (Å²) in [6, 6.07) is -1.10. The van der Waals surface area contributed by atoms with E-state index >= 15 is 8.78 Å². The fourth-order valence-electron chi connectivity index (χ4n) is 5.21. The zero-order valence-electron chi connectivity index (χ0n) is 22.1. The molecule has 2 aromatic rings. The van der Waals surface area contributed by atoms with E-state index in [0.29, 0.717) is 0 Å². The van der Waals surface area contributed by atoms with Gasteiger partial charge in [-0.3, -0.25) is 34.1 Å². The van der Waals surface area contributed by atoms with Crippen molar-refractivity contribution >= 4 is 90.4 Å². The van der Waals surface area contributed by atoms with E-state index in [-0.39, 0.29) is 22.8 Å². The molecule has 5 aliphatic rings. The lowest BCUT2D eigenvalue weighted by Gasteiger charge is -2.31. The number of hydrogen-bond donors (Lipinski definition) is 5. The molecule has 26 heteroatoms.